The predicted octanol–water partition coefficient (Wildman–Crippen LogP) is 3.26. The van der Waals surface area contributed by atoms with Crippen LogP contribution in [-0.4, -0.2) is 16.2 Å². The number of furan rings is 1. The average molecular weight is 259 g/mol. The molecule has 0 aliphatic heterocycles. The largest absolute Gasteiger partial charge is 0.460 e. The number of nitrogens with zero attached hydrogens (tertiary/aromatic N) is 1. The van der Waals surface area contributed by atoms with Gasteiger partial charge in [-0.25, -0.2) is 0 Å². The van der Waals surface area contributed by atoms with Crippen LogP contribution in [0.1, 0.15) is 37.5 Å². The van der Waals surface area contributed by atoms with Gasteiger partial charge in [-0.05, 0) is 44.7 Å². The van der Waals surface area contributed by atoms with Gasteiger partial charge in [-0.3, -0.25) is 5.10 Å². The summed E-state index contributed by atoms with van der Waals surface area (Å²) in [5.41, 5.74) is 2.15. The molecule has 2 aromatic heterocycles. The minimum atomic E-state index is 0.579. The predicted molar refractivity (Wildman–Crippen MR) is 74.7 cm³/mol. The van der Waals surface area contributed by atoms with Gasteiger partial charge >= 0.3 is 0 Å². The Hall–Kier alpha value is -1.55. The first-order valence-electron chi connectivity index (χ1n) is 7.06. The van der Waals surface area contributed by atoms with Gasteiger partial charge in [-0.1, -0.05) is 6.42 Å². The van der Waals surface area contributed by atoms with E-state index in [-0.39, 0.29) is 0 Å². The maximum atomic E-state index is 5.66. The first-order chi connectivity index (χ1) is 9.24. The Labute approximate surface area is 113 Å². The van der Waals surface area contributed by atoms with E-state index >= 15 is 0 Å². The summed E-state index contributed by atoms with van der Waals surface area (Å²) < 4.78 is 5.66. The lowest BCUT2D eigenvalue weighted by molar-refractivity contribution is 0.240. The number of aromatic nitrogens is 2. The van der Waals surface area contributed by atoms with Crippen molar-refractivity contribution in [3.63, 3.8) is 0 Å². The highest BCUT2D eigenvalue weighted by molar-refractivity contribution is 5.56. The van der Waals surface area contributed by atoms with Crippen LogP contribution < -0.4 is 5.32 Å². The Kier molecular flexibility index (Phi) is 3.42. The van der Waals surface area contributed by atoms with Crippen LogP contribution in [0.5, 0.6) is 0 Å². The second-order valence-corrected chi connectivity index (χ2v) is 5.54. The molecule has 19 heavy (non-hydrogen) atoms. The minimum Gasteiger partial charge on any atom is -0.460 e. The van der Waals surface area contributed by atoms with Crippen LogP contribution in [0.2, 0.25) is 0 Å². The molecule has 0 bridgehead atoms. The van der Waals surface area contributed by atoms with Crippen molar-refractivity contribution in [3.8, 4) is 11.5 Å². The number of nitrogens with one attached hydrogen (secondary N) is 2. The third-order valence-corrected chi connectivity index (χ3v) is 4.18. The van der Waals surface area contributed by atoms with Crippen molar-refractivity contribution >= 4 is 0 Å². The minimum absolute atomic E-state index is 0.579. The van der Waals surface area contributed by atoms with E-state index in [2.05, 4.69) is 22.4 Å². The van der Waals surface area contributed by atoms with Gasteiger partial charge in [0, 0.05) is 18.2 Å². The molecule has 4 nitrogen and oxygen atoms in total. The summed E-state index contributed by atoms with van der Waals surface area (Å²) in [5.74, 6) is 2.63. The van der Waals surface area contributed by atoms with Crippen molar-refractivity contribution < 1.29 is 4.42 Å². The molecule has 0 aromatic carbocycles. The van der Waals surface area contributed by atoms with E-state index in [1.54, 1.807) is 0 Å². The van der Waals surface area contributed by atoms with Gasteiger partial charge in [0.05, 0.1) is 6.20 Å². The van der Waals surface area contributed by atoms with Crippen LogP contribution in [0.4, 0.5) is 0 Å². The average Bonchev–Trinajstić information content (AvgIpc) is 2.92. The summed E-state index contributed by atoms with van der Waals surface area (Å²) in [5, 5.41) is 10.8. The van der Waals surface area contributed by atoms with Crippen molar-refractivity contribution in [1.82, 2.24) is 15.5 Å². The lowest BCUT2D eigenvalue weighted by Gasteiger charge is -2.32. The highest BCUT2D eigenvalue weighted by Crippen LogP contribution is 2.30. The van der Waals surface area contributed by atoms with Gasteiger partial charge in [-0.2, -0.15) is 5.10 Å². The normalized spacial score (nSPS) is 17.4. The monoisotopic (exact) mass is 259 g/mol. The van der Waals surface area contributed by atoms with Crippen molar-refractivity contribution in [3.05, 3.63) is 29.7 Å². The van der Waals surface area contributed by atoms with Gasteiger partial charge in [0.25, 0.3) is 0 Å². The Morgan fingerprint density at radius 1 is 1.47 bits per heavy atom. The number of aryl methyl sites for hydroxylation is 1. The molecule has 1 saturated carbocycles. The molecule has 2 N–H and O–H groups in total. The highest BCUT2D eigenvalue weighted by atomic mass is 16.3. The molecule has 1 atom stereocenters. The maximum Gasteiger partial charge on any atom is 0.152 e. The molecule has 2 heterocycles. The van der Waals surface area contributed by atoms with E-state index in [4.69, 9.17) is 4.42 Å². The molecule has 0 saturated heterocycles. The zero-order valence-electron chi connectivity index (χ0n) is 11.6. The zero-order valence-corrected chi connectivity index (χ0v) is 11.6. The standard InChI is InChI=1S/C15H21N3O/c1-10-6-7-14(19-10)15-13(9-17-18-15)8-16-11(2)12-4-3-5-12/h6-7,9,11-12,16H,3-5,8H2,1-2H3,(H,17,18). The van der Waals surface area contributed by atoms with Crippen LogP contribution in [0.15, 0.2) is 22.7 Å². The first kappa shape index (κ1) is 12.5. The summed E-state index contributed by atoms with van der Waals surface area (Å²) in [4.78, 5) is 0. The first-order valence-corrected chi connectivity index (χ1v) is 7.06. The molecule has 0 amide bonds. The van der Waals surface area contributed by atoms with E-state index < -0.39 is 0 Å². The number of aromatic amines is 1. The van der Waals surface area contributed by atoms with E-state index in [9.17, 15) is 0 Å². The fourth-order valence-corrected chi connectivity index (χ4v) is 2.60. The Balaban J connectivity index is 1.66. The van der Waals surface area contributed by atoms with E-state index in [1.807, 2.05) is 25.3 Å². The molecule has 3 rings (SSSR count). The van der Waals surface area contributed by atoms with Gasteiger partial charge in [0.1, 0.15) is 11.5 Å². The molecule has 2 aromatic rings. The second-order valence-electron chi connectivity index (χ2n) is 5.54. The molecule has 1 fully saturated rings. The maximum absolute atomic E-state index is 5.66. The van der Waals surface area contributed by atoms with Crippen LogP contribution in [0.3, 0.4) is 0 Å². The number of rotatable bonds is 5. The second kappa shape index (κ2) is 5.21. The van der Waals surface area contributed by atoms with Gasteiger partial charge in [0.15, 0.2) is 5.76 Å². The van der Waals surface area contributed by atoms with E-state index in [1.165, 1.54) is 24.8 Å². The lowest BCUT2D eigenvalue weighted by atomic mass is 9.80. The van der Waals surface area contributed by atoms with Crippen LogP contribution in [0.25, 0.3) is 11.5 Å². The SMILES string of the molecule is Cc1ccc(-c2[nH]ncc2CNC(C)C2CCC2)o1. The molecule has 4 heteroatoms. The summed E-state index contributed by atoms with van der Waals surface area (Å²) in [6, 6.07) is 4.54. The number of hydrogen-bond donors (Lipinski definition) is 2. The summed E-state index contributed by atoms with van der Waals surface area (Å²) in [6.07, 6.45) is 6.00. The topological polar surface area (TPSA) is 53.9 Å². The number of H-pyrrole nitrogens is 1. The Bertz CT molecular complexity index is 539. The third kappa shape index (κ3) is 2.59. The molecule has 1 aliphatic carbocycles. The Morgan fingerprint density at radius 3 is 2.95 bits per heavy atom. The van der Waals surface area contributed by atoms with E-state index in [0.29, 0.717) is 6.04 Å². The quantitative estimate of drug-likeness (QED) is 0.866. The fourth-order valence-electron chi connectivity index (χ4n) is 2.60. The van der Waals surface area contributed by atoms with Gasteiger partial charge < -0.3 is 9.73 Å². The van der Waals surface area contributed by atoms with Gasteiger partial charge in [-0.15, -0.1) is 0 Å². The van der Waals surface area contributed by atoms with Crippen molar-refractivity contribution in [2.24, 2.45) is 5.92 Å². The molecule has 1 unspecified atom stereocenters. The molecule has 0 radical (unpaired) electrons. The molecule has 102 valence electrons. The molecule has 0 spiro atoms. The molecular weight excluding hydrogens is 238 g/mol. The van der Waals surface area contributed by atoms with E-state index in [0.717, 1.165) is 29.7 Å². The summed E-state index contributed by atoms with van der Waals surface area (Å²) >= 11 is 0. The molecular formula is C15H21N3O. The zero-order chi connectivity index (χ0) is 13.2. The van der Waals surface area contributed by atoms with Crippen LogP contribution >= 0.6 is 0 Å². The smallest absolute Gasteiger partial charge is 0.152 e. The van der Waals surface area contributed by atoms with Gasteiger partial charge in [0.2, 0.25) is 0 Å². The third-order valence-electron chi connectivity index (χ3n) is 4.18. The number of hydrogen-bond acceptors (Lipinski definition) is 3. The molecule has 1 aliphatic rings. The van der Waals surface area contributed by atoms with Crippen molar-refractivity contribution in [2.45, 2.75) is 45.7 Å². The lowest BCUT2D eigenvalue weighted by Crippen LogP contribution is -2.36. The van der Waals surface area contributed by atoms with Crippen molar-refractivity contribution in [2.75, 3.05) is 0 Å². The van der Waals surface area contributed by atoms with Crippen LogP contribution in [-0.2, 0) is 6.54 Å². The highest BCUT2D eigenvalue weighted by Gasteiger charge is 2.23. The fraction of sp³-hybridized carbons (Fsp3) is 0.533. The van der Waals surface area contributed by atoms with Crippen molar-refractivity contribution in [1.29, 1.82) is 0 Å². The summed E-state index contributed by atoms with van der Waals surface area (Å²) in [7, 11) is 0. The Morgan fingerprint density at radius 2 is 2.32 bits per heavy atom. The van der Waals surface area contributed by atoms with Crippen LogP contribution in [0, 0.1) is 12.8 Å². The summed E-state index contributed by atoms with van der Waals surface area (Å²) in [6.45, 7) is 5.07.